The van der Waals surface area contributed by atoms with Gasteiger partial charge in [-0.3, -0.25) is 0 Å². The minimum absolute atomic E-state index is 1.11. The Morgan fingerprint density at radius 3 is 2.07 bits per heavy atom. The molecule has 0 atom stereocenters. The molecule has 0 aromatic heterocycles. The number of unbranched alkanes of at least 4 members (excludes halogenated alkanes) is 6. The first-order valence-electron chi connectivity index (χ1n) is 6.71. The monoisotopic (exact) mass is 208 g/mol. The summed E-state index contributed by atoms with van der Waals surface area (Å²) in [6, 6.07) is 0. The second kappa shape index (κ2) is 13.5. The molecule has 0 fully saturated rings. The molecule has 0 radical (unpaired) electrons. The summed E-state index contributed by atoms with van der Waals surface area (Å²) in [6.45, 7) is 4.45. The van der Waals surface area contributed by atoms with Gasteiger partial charge in [-0.15, -0.1) is 0 Å². The zero-order valence-electron chi connectivity index (χ0n) is 10.7. The molecule has 0 aromatic rings. The molecule has 0 rings (SSSR count). The Bertz CT molecular complexity index is 153. The fourth-order valence-electron chi connectivity index (χ4n) is 1.60. The first-order valence-corrected chi connectivity index (χ1v) is 6.71. The van der Waals surface area contributed by atoms with Crippen LogP contribution >= 0.6 is 0 Å². The number of hydrogen-bond donors (Lipinski definition) is 0. The Morgan fingerprint density at radius 1 is 0.667 bits per heavy atom. The highest BCUT2D eigenvalue weighted by atomic mass is 13.9. The van der Waals surface area contributed by atoms with Gasteiger partial charge in [0.15, 0.2) is 0 Å². The fourth-order valence-corrected chi connectivity index (χ4v) is 1.60. The number of rotatable bonds is 10. The van der Waals surface area contributed by atoms with Crippen molar-refractivity contribution in [1.29, 1.82) is 0 Å². The molecule has 0 aromatic carbocycles. The Labute approximate surface area is 96.5 Å². The topological polar surface area (TPSA) is 0 Å². The number of allylic oxidation sites excluding steroid dienone is 4. The van der Waals surface area contributed by atoms with Crippen molar-refractivity contribution in [3.8, 4) is 0 Å². The van der Waals surface area contributed by atoms with E-state index in [2.05, 4.69) is 38.2 Å². The maximum absolute atomic E-state index is 2.33. The van der Waals surface area contributed by atoms with E-state index < -0.39 is 0 Å². The zero-order valence-corrected chi connectivity index (χ0v) is 10.7. The lowest BCUT2D eigenvalue weighted by molar-refractivity contribution is 0.611. The molecular weight excluding hydrogens is 180 g/mol. The van der Waals surface area contributed by atoms with Crippen LogP contribution in [-0.4, -0.2) is 0 Å². The normalized spacial score (nSPS) is 11.9. The second-order valence-electron chi connectivity index (χ2n) is 4.14. The van der Waals surface area contributed by atoms with Crippen LogP contribution in [-0.2, 0) is 0 Å². The lowest BCUT2D eigenvalue weighted by atomic mass is 10.1. The van der Waals surface area contributed by atoms with Crippen LogP contribution in [0.1, 0.15) is 71.6 Å². The minimum atomic E-state index is 1.11. The third-order valence-electron chi connectivity index (χ3n) is 2.57. The molecule has 0 aliphatic rings. The molecular formula is C15H28. The number of hydrogen-bond acceptors (Lipinski definition) is 0. The summed E-state index contributed by atoms with van der Waals surface area (Å²) in [5, 5.41) is 0. The van der Waals surface area contributed by atoms with Crippen LogP contribution in [0.15, 0.2) is 24.3 Å². The van der Waals surface area contributed by atoms with E-state index in [4.69, 9.17) is 0 Å². The molecule has 0 aliphatic carbocycles. The van der Waals surface area contributed by atoms with Gasteiger partial charge in [0, 0.05) is 0 Å². The molecule has 0 nitrogen and oxygen atoms in total. The Kier molecular flexibility index (Phi) is 13.0. The standard InChI is InChI=1S/C15H28/c1-3-5-7-9-11-13-15-14-12-10-8-6-4-2/h5,7,11,13H,3-4,6,8-10,12,14-15H2,1-2H3/b7-5+,13-11+. The van der Waals surface area contributed by atoms with Crippen LogP contribution in [0.5, 0.6) is 0 Å². The average molecular weight is 208 g/mol. The lowest BCUT2D eigenvalue weighted by Crippen LogP contribution is -1.77. The molecule has 0 amide bonds. The summed E-state index contributed by atoms with van der Waals surface area (Å²) >= 11 is 0. The highest BCUT2D eigenvalue weighted by molar-refractivity contribution is 4.92. The van der Waals surface area contributed by atoms with Crippen molar-refractivity contribution in [3.63, 3.8) is 0 Å². The quantitative estimate of drug-likeness (QED) is 0.321. The van der Waals surface area contributed by atoms with Crippen LogP contribution in [0.2, 0.25) is 0 Å². The molecule has 0 aliphatic heterocycles. The van der Waals surface area contributed by atoms with Crippen molar-refractivity contribution >= 4 is 0 Å². The van der Waals surface area contributed by atoms with E-state index in [1.54, 1.807) is 0 Å². The fraction of sp³-hybridized carbons (Fsp3) is 0.733. The second-order valence-corrected chi connectivity index (χ2v) is 4.14. The van der Waals surface area contributed by atoms with Gasteiger partial charge in [-0.1, -0.05) is 70.3 Å². The molecule has 0 N–H and O–H groups in total. The van der Waals surface area contributed by atoms with E-state index >= 15 is 0 Å². The molecule has 0 bridgehead atoms. The summed E-state index contributed by atoms with van der Waals surface area (Å²) in [5.41, 5.74) is 0. The maximum atomic E-state index is 2.33. The summed E-state index contributed by atoms with van der Waals surface area (Å²) in [7, 11) is 0. The van der Waals surface area contributed by atoms with Crippen LogP contribution < -0.4 is 0 Å². The van der Waals surface area contributed by atoms with Crippen molar-refractivity contribution in [2.45, 2.75) is 71.6 Å². The third-order valence-corrected chi connectivity index (χ3v) is 2.57. The average Bonchev–Trinajstić information content (AvgIpc) is 2.26. The van der Waals surface area contributed by atoms with Crippen molar-refractivity contribution in [2.24, 2.45) is 0 Å². The van der Waals surface area contributed by atoms with Gasteiger partial charge < -0.3 is 0 Å². The SMILES string of the molecule is CC/C=C/C/C=C/CCCCCCCC. The van der Waals surface area contributed by atoms with Gasteiger partial charge in [-0.2, -0.15) is 0 Å². The van der Waals surface area contributed by atoms with Gasteiger partial charge in [0.05, 0.1) is 0 Å². The van der Waals surface area contributed by atoms with Crippen LogP contribution in [0.25, 0.3) is 0 Å². The predicted octanol–water partition coefficient (Wildman–Crippen LogP) is 5.65. The molecule has 15 heavy (non-hydrogen) atoms. The van der Waals surface area contributed by atoms with Crippen molar-refractivity contribution < 1.29 is 0 Å². The lowest BCUT2D eigenvalue weighted by Gasteiger charge is -1.97. The molecule has 0 spiro atoms. The van der Waals surface area contributed by atoms with Crippen molar-refractivity contribution in [2.75, 3.05) is 0 Å². The first-order chi connectivity index (χ1) is 7.41. The van der Waals surface area contributed by atoms with Crippen LogP contribution in [0.3, 0.4) is 0 Å². The molecule has 0 heterocycles. The third kappa shape index (κ3) is 13.5. The maximum Gasteiger partial charge on any atom is -0.0169 e. The smallest absolute Gasteiger partial charge is 0.0169 e. The van der Waals surface area contributed by atoms with Crippen LogP contribution in [0, 0.1) is 0 Å². The first kappa shape index (κ1) is 14.5. The van der Waals surface area contributed by atoms with Crippen LogP contribution in [0.4, 0.5) is 0 Å². The van der Waals surface area contributed by atoms with E-state index in [1.165, 1.54) is 44.9 Å². The van der Waals surface area contributed by atoms with Gasteiger partial charge in [0.1, 0.15) is 0 Å². The Balaban J connectivity index is 3.06. The highest BCUT2D eigenvalue weighted by Gasteiger charge is 1.87. The zero-order chi connectivity index (χ0) is 11.2. The summed E-state index contributed by atoms with van der Waals surface area (Å²) in [6.07, 6.45) is 21.1. The molecule has 0 heteroatoms. The predicted molar refractivity (Wildman–Crippen MR) is 71.2 cm³/mol. The van der Waals surface area contributed by atoms with E-state index in [0.717, 1.165) is 12.8 Å². The molecule has 0 saturated heterocycles. The van der Waals surface area contributed by atoms with Crippen molar-refractivity contribution in [3.05, 3.63) is 24.3 Å². The van der Waals surface area contributed by atoms with E-state index in [1.807, 2.05) is 0 Å². The Hall–Kier alpha value is -0.520. The van der Waals surface area contributed by atoms with Crippen molar-refractivity contribution in [1.82, 2.24) is 0 Å². The molecule has 0 saturated carbocycles. The Morgan fingerprint density at radius 2 is 1.33 bits per heavy atom. The molecule has 0 unspecified atom stereocenters. The van der Waals surface area contributed by atoms with Gasteiger partial charge in [-0.05, 0) is 25.7 Å². The summed E-state index contributed by atoms with van der Waals surface area (Å²) in [4.78, 5) is 0. The van der Waals surface area contributed by atoms with E-state index in [0.29, 0.717) is 0 Å². The van der Waals surface area contributed by atoms with Gasteiger partial charge in [0.2, 0.25) is 0 Å². The minimum Gasteiger partial charge on any atom is -0.0885 e. The van der Waals surface area contributed by atoms with E-state index in [-0.39, 0.29) is 0 Å². The van der Waals surface area contributed by atoms with Gasteiger partial charge >= 0.3 is 0 Å². The van der Waals surface area contributed by atoms with E-state index in [9.17, 15) is 0 Å². The van der Waals surface area contributed by atoms with Gasteiger partial charge in [-0.25, -0.2) is 0 Å². The molecule has 88 valence electrons. The largest absolute Gasteiger partial charge is 0.0885 e. The highest BCUT2D eigenvalue weighted by Crippen LogP contribution is 2.07. The summed E-state index contributed by atoms with van der Waals surface area (Å²) in [5.74, 6) is 0. The summed E-state index contributed by atoms with van der Waals surface area (Å²) < 4.78 is 0. The van der Waals surface area contributed by atoms with Gasteiger partial charge in [0.25, 0.3) is 0 Å².